The van der Waals surface area contributed by atoms with Gasteiger partial charge in [0, 0.05) is 31.1 Å². The number of nitrogens with zero attached hydrogens (tertiary/aromatic N) is 1. The van der Waals surface area contributed by atoms with Gasteiger partial charge in [0.1, 0.15) is 6.10 Å². The molecular formula is C17H26N2O3S. The van der Waals surface area contributed by atoms with E-state index in [4.69, 9.17) is 4.74 Å². The summed E-state index contributed by atoms with van der Waals surface area (Å²) in [5.74, 6) is 0.678. The first-order valence-corrected chi connectivity index (χ1v) is 10.5. The Morgan fingerprint density at radius 2 is 2.00 bits per heavy atom. The lowest BCUT2D eigenvalue weighted by Crippen LogP contribution is -2.45. The summed E-state index contributed by atoms with van der Waals surface area (Å²) in [6.07, 6.45) is 10.7. The maximum Gasteiger partial charge on any atom is 0.213 e. The Morgan fingerprint density at radius 3 is 2.70 bits per heavy atom. The minimum Gasteiger partial charge on any atom is -0.474 e. The van der Waals surface area contributed by atoms with Crippen LogP contribution in [-0.2, 0) is 16.4 Å². The molecule has 1 aromatic heterocycles. The zero-order valence-corrected chi connectivity index (χ0v) is 14.5. The Bertz CT molecular complexity index is 628. The van der Waals surface area contributed by atoms with Gasteiger partial charge in [0.05, 0.1) is 5.25 Å². The lowest BCUT2D eigenvalue weighted by Gasteiger charge is -2.31. The van der Waals surface area contributed by atoms with Gasteiger partial charge in [0.2, 0.25) is 5.88 Å². The molecule has 1 N–H and O–H groups in total. The number of nitrogens with one attached hydrogen (secondary N) is 1. The lowest BCUT2D eigenvalue weighted by atomic mass is 9.94. The molecule has 6 heteroatoms. The molecule has 5 nitrogen and oxygen atoms in total. The van der Waals surface area contributed by atoms with Crippen molar-refractivity contribution >= 4 is 9.84 Å². The van der Waals surface area contributed by atoms with Crippen LogP contribution in [0.15, 0.2) is 18.3 Å². The Hall–Kier alpha value is -1.14. The van der Waals surface area contributed by atoms with Crippen molar-refractivity contribution < 1.29 is 13.2 Å². The molecule has 2 aliphatic carbocycles. The van der Waals surface area contributed by atoms with Crippen LogP contribution in [0.5, 0.6) is 5.88 Å². The highest BCUT2D eigenvalue weighted by atomic mass is 32.2. The van der Waals surface area contributed by atoms with E-state index < -0.39 is 9.84 Å². The van der Waals surface area contributed by atoms with Crippen molar-refractivity contribution in [1.82, 2.24) is 10.3 Å². The zero-order chi connectivity index (χ0) is 16.3. The fourth-order valence-corrected chi connectivity index (χ4v) is 4.80. The topological polar surface area (TPSA) is 68.3 Å². The molecule has 3 rings (SSSR count). The number of rotatable bonds is 6. The Labute approximate surface area is 138 Å². The molecule has 128 valence electrons. The minimum absolute atomic E-state index is 0.0444. The second-order valence-corrected chi connectivity index (χ2v) is 9.08. The molecule has 0 radical (unpaired) electrons. The summed E-state index contributed by atoms with van der Waals surface area (Å²) < 4.78 is 29.7. The number of hydrogen-bond donors (Lipinski definition) is 1. The van der Waals surface area contributed by atoms with Crippen molar-refractivity contribution in [1.29, 1.82) is 0 Å². The Balaban J connectivity index is 1.59. The smallest absolute Gasteiger partial charge is 0.213 e. The van der Waals surface area contributed by atoms with E-state index >= 15 is 0 Å². The molecule has 0 unspecified atom stereocenters. The van der Waals surface area contributed by atoms with E-state index in [9.17, 15) is 8.42 Å². The molecule has 0 spiro atoms. The Kier molecular flexibility index (Phi) is 5.21. The Morgan fingerprint density at radius 1 is 1.22 bits per heavy atom. The summed E-state index contributed by atoms with van der Waals surface area (Å²) in [5.41, 5.74) is 1.09. The summed E-state index contributed by atoms with van der Waals surface area (Å²) in [7, 11) is -3.00. The molecule has 0 bridgehead atoms. The number of ether oxygens (including phenoxy) is 1. The summed E-state index contributed by atoms with van der Waals surface area (Å²) in [5, 5.41) is 3.18. The van der Waals surface area contributed by atoms with E-state index in [1.54, 1.807) is 6.20 Å². The second-order valence-electron chi connectivity index (χ2n) is 6.81. The quantitative estimate of drug-likeness (QED) is 0.863. The largest absolute Gasteiger partial charge is 0.474 e. The first-order valence-electron chi connectivity index (χ1n) is 8.56. The van der Waals surface area contributed by atoms with E-state index in [0.29, 0.717) is 18.5 Å². The summed E-state index contributed by atoms with van der Waals surface area (Å²) in [4.78, 5) is 4.26. The van der Waals surface area contributed by atoms with E-state index in [2.05, 4.69) is 10.3 Å². The van der Waals surface area contributed by atoms with Gasteiger partial charge in [0.15, 0.2) is 9.84 Å². The molecule has 2 aliphatic rings. The maximum absolute atomic E-state index is 12.0. The summed E-state index contributed by atoms with van der Waals surface area (Å²) in [6.45, 7) is 0.653. The zero-order valence-electron chi connectivity index (χ0n) is 13.7. The van der Waals surface area contributed by atoms with E-state index in [1.807, 2.05) is 12.1 Å². The third-order valence-corrected chi connectivity index (χ3v) is 6.62. The van der Waals surface area contributed by atoms with Gasteiger partial charge in [-0.1, -0.05) is 12.8 Å². The number of sulfone groups is 1. The molecule has 1 aromatic rings. The molecule has 0 saturated heterocycles. The van der Waals surface area contributed by atoms with E-state index in [0.717, 1.165) is 44.1 Å². The third kappa shape index (κ3) is 4.44. The molecule has 2 saturated carbocycles. The van der Waals surface area contributed by atoms with Crippen molar-refractivity contribution in [2.75, 3.05) is 6.26 Å². The van der Waals surface area contributed by atoms with Crippen LogP contribution >= 0.6 is 0 Å². The van der Waals surface area contributed by atoms with Gasteiger partial charge in [-0.25, -0.2) is 13.4 Å². The molecule has 23 heavy (non-hydrogen) atoms. The van der Waals surface area contributed by atoms with Crippen LogP contribution in [0.4, 0.5) is 0 Å². The maximum atomic E-state index is 12.0. The monoisotopic (exact) mass is 338 g/mol. The predicted molar refractivity (Wildman–Crippen MR) is 90.2 cm³/mol. The van der Waals surface area contributed by atoms with Crippen LogP contribution < -0.4 is 10.1 Å². The number of pyridine rings is 1. The van der Waals surface area contributed by atoms with Gasteiger partial charge in [-0.3, -0.25) is 0 Å². The molecule has 1 heterocycles. The summed E-state index contributed by atoms with van der Waals surface area (Å²) in [6, 6.07) is 3.96. The van der Waals surface area contributed by atoms with Crippen molar-refractivity contribution in [3.05, 3.63) is 23.9 Å². The highest BCUT2D eigenvalue weighted by Crippen LogP contribution is 2.26. The molecular weight excluding hydrogens is 312 g/mol. The van der Waals surface area contributed by atoms with Gasteiger partial charge < -0.3 is 10.1 Å². The van der Waals surface area contributed by atoms with E-state index in [-0.39, 0.29) is 11.3 Å². The van der Waals surface area contributed by atoms with Crippen LogP contribution in [0.25, 0.3) is 0 Å². The fourth-order valence-electron chi connectivity index (χ4n) is 3.38. The van der Waals surface area contributed by atoms with Crippen molar-refractivity contribution in [3.63, 3.8) is 0 Å². The fraction of sp³-hybridized carbons (Fsp3) is 0.706. The normalized spacial score (nSPS) is 25.8. The SMILES string of the molecule is CS(=O)(=O)[C@@H]1CCCC[C@@H]1NCc1ccnc(OC2CCC2)c1. The third-order valence-electron chi connectivity index (χ3n) is 4.96. The number of aromatic nitrogens is 1. The van der Waals surface area contributed by atoms with E-state index in [1.165, 1.54) is 12.7 Å². The lowest BCUT2D eigenvalue weighted by molar-refractivity contribution is 0.114. The van der Waals surface area contributed by atoms with Gasteiger partial charge in [-0.15, -0.1) is 0 Å². The van der Waals surface area contributed by atoms with Crippen LogP contribution in [0, 0.1) is 0 Å². The first kappa shape index (κ1) is 16.7. The van der Waals surface area contributed by atoms with Crippen LogP contribution in [-0.4, -0.2) is 37.1 Å². The molecule has 0 aromatic carbocycles. The number of hydrogen-bond acceptors (Lipinski definition) is 5. The van der Waals surface area contributed by atoms with Crippen LogP contribution in [0.1, 0.15) is 50.5 Å². The van der Waals surface area contributed by atoms with Crippen LogP contribution in [0.2, 0.25) is 0 Å². The van der Waals surface area contributed by atoms with Gasteiger partial charge in [-0.05, 0) is 43.7 Å². The van der Waals surface area contributed by atoms with Gasteiger partial charge in [0.25, 0.3) is 0 Å². The second kappa shape index (κ2) is 7.18. The van der Waals surface area contributed by atoms with Crippen molar-refractivity contribution in [2.45, 2.75) is 68.9 Å². The highest BCUT2D eigenvalue weighted by Gasteiger charge is 2.32. The average molecular weight is 338 g/mol. The molecule has 0 aliphatic heterocycles. The van der Waals surface area contributed by atoms with Crippen LogP contribution in [0.3, 0.4) is 0 Å². The van der Waals surface area contributed by atoms with Gasteiger partial charge >= 0.3 is 0 Å². The standard InChI is InChI=1S/C17H26N2O3S/c1-23(20,21)16-8-3-2-7-15(16)19-12-13-9-10-18-17(11-13)22-14-5-4-6-14/h9-11,14-16,19H,2-8,12H2,1H3/t15-,16+/m0/s1. The average Bonchev–Trinajstić information content (AvgIpc) is 2.49. The summed E-state index contributed by atoms with van der Waals surface area (Å²) >= 11 is 0. The minimum atomic E-state index is -3.00. The molecule has 0 amide bonds. The molecule has 2 atom stereocenters. The van der Waals surface area contributed by atoms with Gasteiger partial charge in [-0.2, -0.15) is 0 Å². The highest BCUT2D eigenvalue weighted by molar-refractivity contribution is 7.91. The predicted octanol–water partition coefficient (Wildman–Crippen LogP) is 2.46. The first-order chi connectivity index (χ1) is 11.0. The van der Waals surface area contributed by atoms with Crippen molar-refractivity contribution in [2.24, 2.45) is 0 Å². The van der Waals surface area contributed by atoms with Crippen molar-refractivity contribution in [3.8, 4) is 5.88 Å². The molecule has 2 fully saturated rings.